The van der Waals surface area contributed by atoms with Gasteiger partial charge in [0.25, 0.3) is 5.91 Å². The first-order chi connectivity index (χ1) is 11.7. The van der Waals surface area contributed by atoms with E-state index in [0.717, 1.165) is 24.3 Å². The lowest BCUT2D eigenvalue weighted by Crippen LogP contribution is -2.38. The molecule has 128 valence electrons. The van der Waals surface area contributed by atoms with Crippen LogP contribution in [0.1, 0.15) is 25.3 Å². The molecule has 1 amide bonds. The Morgan fingerprint density at radius 3 is 2.38 bits per heavy atom. The van der Waals surface area contributed by atoms with Gasteiger partial charge in [0.05, 0.1) is 7.11 Å². The summed E-state index contributed by atoms with van der Waals surface area (Å²) in [7, 11) is 1.66. The molecule has 0 saturated carbocycles. The number of carbonyl (C=O) groups excluding carboxylic acids is 1. The minimum absolute atomic E-state index is 0.0592. The van der Waals surface area contributed by atoms with Crippen LogP contribution in [0.15, 0.2) is 54.6 Å². The van der Waals surface area contributed by atoms with Gasteiger partial charge in [0, 0.05) is 6.54 Å². The molecular formula is C20H25NO3. The van der Waals surface area contributed by atoms with Crippen LogP contribution >= 0.6 is 0 Å². The molecule has 0 heterocycles. The molecule has 2 aromatic rings. The summed E-state index contributed by atoms with van der Waals surface area (Å²) in [6.45, 7) is 2.59. The molecule has 4 heteroatoms. The van der Waals surface area contributed by atoms with Gasteiger partial charge < -0.3 is 14.8 Å². The lowest BCUT2D eigenvalue weighted by molar-refractivity contribution is -0.128. The number of nitrogens with one attached hydrogen (secondary N) is 1. The molecule has 0 unspecified atom stereocenters. The summed E-state index contributed by atoms with van der Waals surface area (Å²) < 4.78 is 10.9. The molecule has 24 heavy (non-hydrogen) atoms. The number of hydrogen-bond acceptors (Lipinski definition) is 3. The highest BCUT2D eigenvalue weighted by Gasteiger charge is 2.17. The molecule has 2 aromatic carbocycles. The zero-order chi connectivity index (χ0) is 17.2. The Hall–Kier alpha value is -2.49. The van der Waals surface area contributed by atoms with Gasteiger partial charge in [-0.3, -0.25) is 4.79 Å². The van der Waals surface area contributed by atoms with Crippen LogP contribution in [0, 0.1) is 0 Å². The van der Waals surface area contributed by atoms with Crippen molar-refractivity contribution in [3.05, 3.63) is 60.2 Å². The van der Waals surface area contributed by atoms with E-state index in [2.05, 4.69) is 5.32 Å². The highest BCUT2D eigenvalue weighted by atomic mass is 16.5. The van der Waals surface area contributed by atoms with Crippen molar-refractivity contribution in [3.63, 3.8) is 0 Å². The Bertz CT molecular complexity index is 611. The zero-order valence-corrected chi connectivity index (χ0v) is 14.3. The highest BCUT2D eigenvalue weighted by molar-refractivity contribution is 5.81. The van der Waals surface area contributed by atoms with Gasteiger partial charge in [0.1, 0.15) is 11.5 Å². The molecule has 2 rings (SSSR count). The van der Waals surface area contributed by atoms with Crippen molar-refractivity contribution < 1.29 is 14.3 Å². The zero-order valence-electron chi connectivity index (χ0n) is 14.3. The van der Waals surface area contributed by atoms with Gasteiger partial charge in [-0.15, -0.1) is 0 Å². The van der Waals surface area contributed by atoms with Gasteiger partial charge >= 0.3 is 0 Å². The van der Waals surface area contributed by atoms with Crippen LogP contribution in [0.2, 0.25) is 0 Å². The largest absolute Gasteiger partial charge is 0.497 e. The summed E-state index contributed by atoms with van der Waals surface area (Å²) in [5.74, 6) is 1.52. The van der Waals surface area contributed by atoms with Gasteiger partial charge in [0.15, 0.2) is 6.10 Å². The number of amides is 1. The molecule has 0 aliphatic rings. The highest BCUT2D eigenvalue weighted by Crippen LogP contribution is 2.13. The van der Waals surface area contributed by atoms with E-state index in [9.17, 15) is 4.79 Å². The molecule has 0 bridgehead atoms. The summed E-state index contributed by atoms with van der Waals surface area (Å²) in [6.07, 6.45) is 1.99. The Morgan fingerprint density at radius 1 is 1.04 bits per heavy atom. The normalized spacial score (nSPS) is 11.6. The van der Waals surface area contributed by atoms with Gasteiger partial charge in [-0.25, -0.2) is 0 Å². The van der Waals surface area contributed by atoms with E-state index in [4.69, 9.17) is 9.47 Å². The smallest absolute Gasteiger partial charge is 0.261 e. The van der Waals surface area contributed by atoms with E-state index >= 15 is 0 Å². The molecule has 4 nitrogen and oxygen atoms in total. The molecular weight excluding hydrogens is 302 g/mol. The lowest BCUT2D eigenvalue weighted by Gasteiger charge is -2.17. The van der Waals surface area contributed by atoms with Crippen molar-refractivity contribution in [1.29, 1.82) is 0 Å². The third kappa shape index (κ3) is 5.61. The number of aryl methyl sites for hydroxylation is 1. The molecule has 0 fully saturated rings. The fourth-order valence-electron chi connectivity index (χ4n) is 2.40. The number of para-hydroxylation sites is 1. The SMILES string of the molecule is CC[C@@H](Oc1ccccc1)C(=O)NCCCc1ccc(OC)cc1. The first kappa shape index (κ1) is 17.9. The number of hydrogen-bond donors (Lipinski definition) is 1. The van der Waals surface area contributed by atoms with E-state index in [1.807, 2.05) is 61.5 Å². The first-order valence-corrected chi connectivity index (χ1v) is 8.35. The number of rotatable bonds is 9. The average molecular weight is 327 g/mol. The molecule has 0 saturated heterocycles. The van der Waals surface area contributed by atoms with Crippen molar-refractivity contribution in [3.8, 4) is 11.5 Å². The Morgan fingerprint density at radius 2 is 1.75 bits per heavy atom. The fourth-order valence-corrected chi connectivity index (χ4v) is 2.40. The standard InChI is InChI=1S/C20H25NO3/c1-3-19(24-18-9-5-4-6-10-18)20(22)21-15-7-8-16-11-13-17(23-2)14-12-16/h4-6,9-14,19H,3,7-8,15H2,1-2H3,(H,21,22)/t19-/m1/s1. The summed E-state index contributed by atoms with van der Waals surface area (Å²) in [5.41, 5.74) is 1.23. The second-order valence-corrected chi connectivity index (χ2v) is 5.57. The van der Waals surface area contributed by atoms with Crippen LogP contribution in [0.3, 0.4) is 0 Å². The molecule has 1 N–H and O–H groups in total. The molecule has 0 spiro atoms. The maximum absolute atomic E-state index is 12.2. The van der Waals surface area contributed by atoms with Crippen molar-refractivity contribution in [1.82, 2.24) is 5.32 Å². The predicted octanol–water partition coefficient (Wildman–Crippen LogP) is 3.60. The van der Waals surface area contributed by atoms with Crippen molar-refractivity contribution in [2.75, 3.05) is 13.7 Å². The van der Waals surface area contributed by atoms with E-state index in [0.29, 0.717) is 13.0 Å². The summed E-state index contributed by atoms with van der Waals surface area (Å²) in [6, 6.07) is 17.4. The van der Waals surface area contributed by atoms with Gasteiger partial charge in [-0.1, -0.05) is 37.3 Å². The quantitative estimate of drug-likeness (QED) is 0.716. The number of methoxy groups -OCH3 is 1. The maximum Gasteiger partial charge on any atom is 0.261 e. The second-order valence-electron chi connectivity index (χ2n) is 5.57. The summed E-state index contributed by atoms with van der Waals surface area (Å²) >= 11 is 0. The Balaban J connectivity index is 1.72. The predicted molar refractivity (Wildman–Crippen MR) is 95.5 cm³/mol. The van der Waals surface area contributed by atoms with Crippen LogP contribution in [0.5, 0.6) is 11.5 Å². The molecule has 0 aliphatic heterocycles. The lowest BCUT2D eigenvalue weighted by atomic mass is 10.1. The molecule has 0 aliphatic carbocycles. The van der Waals surface area contributed by atoms with Gasteiger partial charge in [-0.05, 0) is 49.1 Å². The monoisotopic (exact) mass is 327 g/mol. The minimum Gasteiger partial charge on any atom is -0.497 e. The maximum atomic E-state index is 12.2. The third-order valence-electron chi connectivity index (χ3n) is 3.79. The van der Waals surface area contributed by atoms with Crippen molar-refractivity contribution in [2.24, 2.45) is 0 Å². The van der Waals surface area contributed by atoms with Crippen LogP contribution < -0.4 is 14.8 Å². The number of ether oxygens (including phenoxy) is 2. The second kappa shape index (κ2) is 9.60. The van der Waals surface area contributed by atoms with Crippen LogP contribution in [0.4, 0.5) is 0 Å². The summed E-state index contributed by atoms with van der Waals surface area (Å²) in [4.78, 5) is 12.2. The van der Waals surface area contributed by atoms with Crippen molar-refractivity contribution >= 4 is 5.91 Å². The summed E-state index contributed by atoms with van der Waals surface area (Å²) in [5, 5.41) is 2.96. The third-order valence-corrected chi connectivity index (χ3v) is 3.79. The average Bonchev–Trinajstić information content (AvgIpc) is 2.64. The molecule has 0 aromatic heterocycles. The topological polar surface area (TPSA) is 47.6 Å². The van der Waals surface area contributed by atoms with Gasteiger partial charge in [0.2, 0.25) is 0 Å². The Kier molecular flexibility index (Phi) is 7.15. The van der Waals surface area contributed by atoms with Crippen LogP contribution in [-0.4, -0.2) is 25.7 Å². The first-order valence-electron chi connectivity index (χ1n) is 8.35. The molecule has 0 radical (unpaired) electrons. The van der Waals surface area contributed by atoms with Crippen molar-refractivity contribution in [2.45, 2.75) is 32.3 Å². The minimum atomic E-state index is -0.451. The van der Waals surface area contributed by atoms with Crippen LogP contribution in [-0.2, 0) is 11.2 Å². The molecule has 1 atom stereocenters. The van der Waals surface area contributed by atoms with E-state index in [-0.39, 0.29) is 5.91 Å². The van der Waals surface area contributed by atoms with E-state index < -0.39 is 6.10 Å². The van der Waals surface area contributed by atoms with E-state index in [1.165, 1.54) is 5.56 Å². The number of benzene rings is 2. The number of carbonyl (C=O) groups is 1. The van der Waals surface area contributed by atoms with Gasteiger partial charge in [-0.2, -0.15) is 0 Å². The fraction of sp³-hybridized carbons (Fsp3) is 0.350. The van der Waals surface area contributed by atoms with E-state index in [1.54, 1.807) is 7.11 Å². The van der Waals surface area contributed by atoms with Crippen LogP contribution in [0.25, 0.3) is 0 Å². The Labute approximate surface area is 143 Å².